The summed E-state index contributed by atoms with van der Waals surface area (Å²) in [5.74, 6) is 1.92. The van der Waals surface area contributed by atoms with Crippen LogP contribution >= 0.6 is 0 Å². The number of rotatable bonds is 3. The van der Waals surface area contributed by atoms with Crippen LogP contribution in [0.15, 0.2) is 36.7 Å². The molecule has 2 aromatic rings. The Morgan fingerprint density at radius 3 is 2.69 bits per heavy atom. The summed E-state index contributed by atoms with van der Waals surface area (Å²) in [6, 6.07) is 10.3. The molecule has 0 aliphatic heterocycles. The van der Waals surface area contributed by atoms with E-state index >= 15 is 0 Å². The molecule has 0 amide bonds. The fourth-order valence-electron chi connectivity index (χ4n) is 2.16. The van der Waals surface area contributed by atoms with Crippen LogP contribution in [-0.4, -0.2) is 14.8 Å². The number of hydrogen-bond donors (Lipinski definition) is 0. The first-order chi connectivity index (χ1) is 7.93. The summed E-state index contributed by atoms with van der Waals surface area (Å²) in [6.07, 6.45) is 6.95. The average Bonchev–Trinajstić information content (AvgIpc) is 2.73. The highest BCUT2D eigenvalue weighted by Gasteiger charge is 2.20. The van der Waals surface area contributed by atoms with Crippen molar-refractivity contribution in [1.82, 2.24) is 14.8 Å². The summed E-state index contributed by atoms with van der Waals surface area (Å²) >= 11 is 0. The van der Waals surface area contributed by atoms with E-state index in [9.17, 15) is 0 Å². The van der Waals surface area contributed by atoms with Gasteiger partial charge in [0.1, 0.15) is 12.2 Å². The van der Waals surface area contributed by atoms with Gasteiger partial charge in [0, 0.05) is 12.1 Å². The molecule has 1 fully saturated rings. The lowest BCUT2D eigenvalue weighted by atomic mass is 9.83. The summed E-state index contributed by atoms with van der Waals surface area (Å²) in [5, 5.41) is 8.25. The van der Waals surface area contributed by atoms with E-state index in [1.54, 1.807) is 0 Å². The molecule has 0 N–H and O–H groups in total. The third-order valence-electron chi connectivity index (χ3n) is 3.35. The second-order valence-electron chi connectivity index (χ2n) is 4.45. The summed E-state index contributed by atoms with van der Waals surface area (Å²) in [6.45, 7) is 0. The van der Waals surface area contributed by atoms with Crippen LogP contribution in [0.25, 0.3) is 5.69 Å². The van der Waals surface area contributed by atoms with Crippen molar-refractivity contribution in [3.05, 3.63) is 42.5 Å². The Hall–Kier alpha value is -1.64. The highest BCUT2D eigenvalue weighted by Crippen LogP contribution is 2.29. The van der Waals surface area contributed by atoms with Crippen LogP contribution in [-0.2, 0) is 6.42 Å². The van der Waals surface area contributed by atoms with Crippen LogP contribution < -0.4 is 0 Å². The Morgan fingerprint density at radius 1 is 1.19 bits per heavy atom. The molecule has 1 aromatic heterocycles. The Kier molecular flexibility index (Phi) is 2.44. The van der Waals surface area contributed by atoms with Crippen LogP contribution in [0.3, 0.4) is 0 Å². The van der Waals surface area contributed by atoms with Crippen molar-refractivity contribution in [2.24, 2.45) is 5.92 Å². The van der Waals surface area contributed by atoms with Gasteiger partial charge in [-0.2, -0.15) is 0 Å². The number of para-hydroxylation sites is 1. The van der Waals surface area contributed by atoms with Gasteiger partial charge < -0.3 is 0 Å². The minimum atomic E-state index is 0.826. The summed E-state index contributed by atoms with van der Waals surface area (Å²) < 4.78 is 2.10. The Morgan fingerprint density at radius 2 is 2.00 bits per heavy atom. The van der Waals surface area contributed by atoms with E-state index in [1.165, 1.54) is 19.3 Å². The smallest absolute Gasteiger partial charge is 0.137 e. The first-order valence-corrected chi connectivity index (χ1v) is 5.88. The Bertz CT molecular complexity index is 457. The standard InChI is InChI=1S/C13H15N3/c1-2-7-12(8-3-1)16-10-14-15-13(16)9-11-5-4-6-11/h1-3,7-8,10-11H,4-6,9H2. The largest absolute Gasteiger partial charge is 0.286 e. The van der Waals surface area contributed by atoms with Gasteiger partial charge in [0.15, 0.2) is 0 Å². The molecule has 1 aliphatic rings. The highest BCUT2D eigenvalue weighted by atomic mass is 15.3. The maximum absolute atomic E-state index is 4.23. The van der Waals surface area contributed by atoms with E-state index in [1.807, 2.05) is 24.5 Å². The van der Waals surface area contributed by atoms with Crippen LogP contribution in [0.2, 0.25) is 0 Å². The number of benzene rings is 1. The molecule has 0 radical (unpaired) electrons. The lowest BCUT2D eigenvalue weighted by molar-refractivity contribution is 0.308. The first kappa shape index (κ1) is 9.58. The summed E-state index contributed by atoms with van der Waals surface area (Å²) in [7, 11) is 0. The molecule has 0 saturated heterocycles. The van der Waals surface area contributed by atoms with Crippen molar-refractivity contribution in [3.63, 3.8) is 0 Å². The van der Waals surface area contributed by atoms with Gasteiger partial charge in [-0.1, -0.05) is 37.5 Å². The molecule has 3 rings (SSSR count). The molecule has 1 aromatic carbocycles. The zero-order chi connectivity index (χ0) is 10.8. The zero-order valence-electron chi connectivity index (χ0n) is 9.21. The molecule has 1 aliphatic carbocycles. The van der Waals surface area contributed by atoms with E-state index in [0.717, 1.165) is 23.9 Å². The highest BCUT2D eigenvalue weighted by molar-refractivity contribution is 5.32. The first-order valence-electron chi connectivity index (χ1n) is 5.88. The third-order valence-corrected chi connectivity index (χ3v) is 3.35. The lowest BCUT2D eigenvalue weighted by Crippen LogP contribution is -2.16. The fourth-order valence-corrected chi connectivity index (χ4v) is 2.16. The topological polar surface area (TPSA) is 30.7 Å². The lowest BCUT2D eigenvalue weighted by Gasteiger charge is -2.24. The number of aromatic nitrogens is 3. The monoisotopic (exact) mass is 213 g/mol. The van der Waals surface area contributed by atoms with Crippen LogP contribution in [0, 0.1) is 5.92 Å². The van der Waals surface area contributed by atoms with E-state index < -0.39 is 0 Å². The average molecular weight is 213 g/mol. The third kappa shape index (κ3) is 1.73. The van der Waals surface area contributed by atoms with Gasteiger partial charge in [0.05, 0.1) is 0 Å². The van der Waals surface area contributed by atoms with E-state index in [2.05, 4.69) is 26.9 Å². The SMILES string of the molecule is c1ccc(-n2cnnc2CC2CCC2)cc1. The molecule has 16 heavy (non-hydrogen) atoms. The fraction of sp³-hybridized carbons (Fsp3) is 0.385. The van der Waals surface area contributed by atoms with Crippen LogP contribution in [0.1, 0.15) is 25.1 Å². The second-order valence-corrected chi connectivity index (χ2v) is 4.45. The van der Waals surface area contributed by atoms with Crippen molar-refractivity contribution in [1.29, 1.82) is 0 Å². The molecule has 82 valence electrons. The molecular weight excluding hydrogens is 198 g/mol. The van der Waals surface area contributed by atoms with E-state index in [0.29, 0.717) is 0 Å². The van der Waals surface area contributed by atoms with Crippen molar-refractivity contribution < 1.29 is 0 Å². The number of hydrogen-bond acceptors (Lipinski definition) is 2. The van der Waals surface area contributed by atoms with Crippen LogP contribution in [0.5, 0.6) is 0 Å². The number of nitrogens with zero attached hydrogens (tertiary/aromatic N) is 3. The molecule has 0 spiro atoms. The quantitative estimate of drug-likeness (QED) is 0.784. The predicted octanol–water partition coefficient (Wildman–Crippen LogP) is 2.61. The Balaban J connectivity index is 1.87. The Labute approximate surface area is 95.1 Å². The van der Waals surface area contributed by atoms with E-state index in [-0.39, 0.29) is 0 Å². The van der Waals surface area contributed by atoms with Gasteiger partial charge in [-0.15, -0.1) is 10.2 Å². The van der Waals surface area contributed by atoms with Gasteiger partial charge in [-0.25, -0.2) is 0 Å². The van der Waals surface area contributed by atoms with Crippen molar-refractivity contribution in [2.45, 2.75) is 25.7 Å². The van der Waals surface area contributed by atoms with E-state index in [4.69, 9.17) is 0 Å². The molecule has 3 nitrogen and oxygen atoms in total. The molecule has 1 heterocycles. The van der Waals surface area contributed by atoms with Crippen molar-refractivity contribution in [3.8, 4) is 5.69 Å². The minimum Gasteiger partial charge on any atom is -0.286 e. The molecule has 0 bridgehead atoms. The molecular formula is C13H15N3. The zero-order valence-corrected chi connectivity index (χ0v) is 9.21. The molecule has 0 unspecified atom stereocenters. The summed E-state index contributed by atoms with van der Waals surface area (Å²) in [4.78, 5) is 0. The molecule has 3 heteroatoms. The molecule has 1 saturated carbocycles. The van der Waals surface area contributed by atoms with Gasteiger partial charge in [0.2, 0.25) is 0 Å². The van der Waals surface area contributed by atoms with Gasteiger partial charge in [-0.05, 0) is 18.1 Å². The second kappa shape index (κ2) is 4.08. The van der Waals surface area contributed by atoms with Crippen LogP contribution in [0.4, 0.5) is 0 Å². The summed E-state index contributed by atoms with van der Waals surface area (Å²) in [5.41, 5.74) is 1.15. The normalized spacial score (nSPS) is 16.0. The van der Waals surface area contributed by atoms with Gasteiger partial charge in [0.25, 0.3) is 0 Å². The minimum absolute atomic E-state index is 0.826. The van der Waals surface area contributed by atoms with Gasteiger partial charge >= 0.3 is 0 Å². The maximum atomic E-state index is 4.23. The maximum Gasteiger partial charge on any atom is 0.137 e. The predicted molar refractivity (Wildman–Crippen MR) is 62.4 cm³/mol. The van der Waals surface area contributed by atoms with Crippen molar-refractivity contribution in [2.75, 3.05) is 0 Å². The van der Waals surface area contributed by atoms with Gasteiger partial charge in [-0.3, -0.25) is 4.57 Å². The van der Waals surface area contributed by atoms with Crippen molar-refractivity contribution >= 4 is 0 Å². The molecule has 0 atom stereocenters.